The quantitative estimate of drug-likeness (QED) is 0.772. The van der Waals surface area contributed by atoms with E-state index in [9.17, 15) is 4.79 Å². The number of hydrogen-bond acceptors (Lipinski definition) is 5. The second kappa shape index (κ2) is 7.57. The zero-order valence-corrected chi connectivity index (χ0v) is 15.2. The maximum absolute atomic E-state index is 12.7. The van der Waals surface area contributed by atoms with Gasteiger partial charge in [-0.2, -0.15) is 0 Å². The van der Waals surface area contributed by atoms with E-state index in [4.69, 9.17) is 0 Å². The summed E-state index contributed by atoms with van der Waals surface area (Å²) in [6.45, 7) is 3.53. The highest BCUT2D eigenvalue weighted by Crippen LogP contribution is 2.23. The van der Waals surface area contributed by atoms with Gasteiger partial charge in [0.2, 0.25) is 5.91 Å². The van der Waals surface area contributed by atoms with Crippen LogP contribution in [0.3, 0.4) is 0 Å². The topological polar surface area (TPSA) is 75.9 Å². The van der Waals surface area contributed by atoms with Gasteiger partial charge in [-0.3, -0.25) is 9.36 Å². The van der Waals surface area contributed by atoms with Crippen LogP contribution in [0.1, 0.15) is 18.4 Å². The summed E-state index contributed by atoms with van der Waals surface area (Å²) in [5.74, 6) is 1.53. The Balaban J connectivity index is 1.43. The number of aryl methyl sites for hydroxylation is 1. The summed E-state index contributed by atoms with van der Waals surface area (Å²) in [6, 6.07) is 11.7. The number of benzene rings is 1. The number of imidazole rings is 1. The second-order valence-electron chi connectivity index (χ2n) is 6.81. The molecule has 1 atom stereocenters. The molecule has 138 valence electrons. The molecule has 1 aromatic carbocycles. The van der Waals surface area contributed by atoms with Gasteiger partial charge in [-0.25, -0.2) is 4.98 Å². The summed E-state index contributed by atoms with van der Waals surface area (Å²) >= 11 is 0. The number of carbonyl (C=O) groups excluding carboxylic acids is 1. The van der Waals surface area contributed by atoms with Crippen LogP contribution in [-0.4, -0.2) is 38.7 Å². The highest BCUT2D eigenvalue weighted by molar-refractivity contribution is 5.93. The Morgan fingerprint density at radius 3 is 2.70 bits per heavy atom. The molecule has 4 rings (SSSR count). The molecule has 1 saturated heterocycles. The van der Waals surface area contributed by atoms with Gasteiger partial charge in [0.25, 0.3) is 0 Å². The number of nitrogens with zero attached hydrogens (tertiary/aromatic N) is 5. The lowest BCUT2D eigenvalue weighted by Gasteiger charge is -2.32. The Hall–Kier alpha value is -3.22. The number of carbonyl (C=O) groups is 1. The van der Waals surface area contributed by atoms with Crippen molar-refractivity contribution in [2.75, 3.05) is 23.3 Å². The van der Waals surface area contributed by atoms with Crippen LogP contribution in [0.25, 0.3) is 5.82 Å². The van der Waals surface area contributed by atoms with Gasteiger partial charge in [0.1, 0.15) is 6.33 Å². The largest absolute Gasteiger partial charge is 0.354 e. The fraction of sp³-hybridized carbons (Fsp3) is 0.300. The predicted molar refractivity (Wildman–Crippen MR) is 104 cm³/mol. The summed E-state index contributed by atoms with van der Waals surface area (Å²) < 4.78 is 1.81. The summed E-state index contributed by atoms with van der Waals surface area (Å²) in [7, 11) is 0. The van der Waals surface area contributed by atoms with E-state index >= 15 is 0 Å². The van der Waals surface area contributed by atoms with Crippen molar-refractivity contribution in [2.24, 2.45) is 5.92 Å². The van der Waals surface area contributed by atoms with Crippen molar-refractivity contribution in [1.29, 1.82) is 0 Å². The lowest BCUT2D eigenvalue weighted by Crippen LogP contribution is -2.41. The minimum atomic E-state index is -0.0616. The molecule has 3 heterocycles. The summed E-state index contributed by atoms with van der Waals surface area (Å²) in [6.07, 6.45) is 7.07. The zero-order valence-electron chi connectivity index (χ0n) is 15.2. The molecule has 1 aliphatic heterocycles. The van der Waals surface area contributed by atoms with Crippen LogP contribution >= 0.6 is 0 Å². The molecule has 7 nitrogen and oxygen atoms in total. The van der Waals surface area contributed by atoms with Crippen LogP contribution in [0, 0.1) is 12.8 Å². The Morgan fingerprint density at radius 1 is 1.15 bits per heavy atom. The monoisotopic (exact) mass is 362 g/mol. The van der Waals surface area contributed by atoms with E-state index in [0.29, 0.717) is 6.54 Å². The number of piperidine rings is 1. The fourth-order valence-electron chi connectivity index (χ4n) is 3.37. The number of anilines is 2. The Kier molecular flexibility index (Phi) is 4.82. The average Bonchev–Trinajstić information content (AvgIpc) is 3.25. The van der Waals surface area contributed by atoms with Crippen LogP contribution in [0.5, 0.6) is 0 Å². The third-order valence-corrected chi connectivity index (χ3v) is 4.92. The van der Waals surface area contributed by atoms with Crippen LogP contribution < -0.4 is 10.2 Å². The number of hydrogen-bond donors (Lipinski definition) is 1. The molecule has 3 aromatic rings. The number of aromatic nitrogens is 4. The van der Waals surface area contributed by atoms with Gasteiger partial charge in [-0.15, -0.1) is 10.2 Å². The van der Waals surface area contributed by atoms with Crippen molar-refractivity contribution in [2.45, 2.75) is 19.8 Å². The molecule has 0 radical (unpaired) electrons. The highest BCUT2D eigenvalue weighted by Gasteiger charge is 2.27. The number of rotatable bonds is 4. The molecule has 1 fully saturated rings. The van der Waals surface area contributed by atoms with Gasteiger partial charge in [0.15, 0.2) is 11.6 Å². The van der Waals surface area contributed by atoms with Crippen LogP contribution in [-0.2, 0) is 4.79 Å². The van der Waals surface area contributed by atoms with E-state index in [2.05, 4.69) is 25.4 Å². The first-order valence-electron chi connectivity index (χ1n) is 9.14. The molecule has 0 bridgehead atoms. The minimum Gasteiger partial charge on any atom is -0.354 e. The molecule has 0 spiro atoms. The molecule has 1 N–H and O–H groups in total. The molecule has 7 heteroatoms. The molecule has 1 amide bonds. The van der Waals surface area contributed by atoms with Crippen molar-refractivity contribution < 1.29 is 4.79 Å². The van der Waals surface area contributed by atoms with Crippen LogP contribution in [0.15, 0.2) is 55.1 Å². The summed E-state index contributed by atoms with van der Waals surface area (Å²) in [4.78, 5) is 18.9. The van der Waals surface area contributed by atoms with Gasteiger partial charge in [-0.05, 0) is 43.5 Å². The Labute approximate surface area is 158 Å². The lowest BCUT2D eigenvalue weighted by atomic mass is 9.97. The van der Waals surface area contributed by atoms with E-state index in [-0.39, 0.29) is 11.8 Å². The first kappa shape index (κ1) is 17.2. The van der Waals surface area contributed by atoms with E-state index in [0.717, 1.165) is 42.3 Å². The maximum atomic E-state index is 12.7. The molecule has 27 heavy (non-hydrogen) atoms. The van der Waals surface area contributed by atoms with Gasteiger partial charge in [-0.1, -0.05) is 18.2 Å². The van der Waals surface area contributed by atoms with Crippen molar-refractivity contribution in [3.8, 4) is 5.82 Å². The van der Waals surface area contributed by atoms with Crippen molar-refractivity contribution in [1.82, 2.24) is 19.7 Å². The summed E-state index contributed by atoms with van der Waals surface area (Å²) in [5, 5.41) is 11.7. The Morgan fingerprint density at radius 2 is 1.96 bits per heavy atom. The zero-order chi connectivity index (χ0) is 18.6. The van der Waals surface area contributed by atoms with Crippen LogP contribution in [0.2, 0.25) is 0 Å². The first-order valence-corrected chi connectivity index (χ1v) is 9.14. The molecule has 0 saturated carbocycles. The predicted octanol–water partition coefficient (Wildman–Crippen LogP) is 2.83. The number of para-hydroxylation sites is 1. The van der Waals surface area contributed by atoms with E-state index < -0.39 is 0 Å². The van der Waals surface area contributed by atoms with Gasteiger partial charge < -0.3 is 10.2 Å². The second-order valence-corrected chi connectivity index (χ2v) is 6.81. The average molecular weight is 362 g/mol. The minimum absolute atomic E-state index is 0.0616. The lowest BCUT2D eigenvalue weighted by molar-refractivity contribution is -0.120. The molecular formula is C20H22N6O. The van der Waals surface area contributed by atoms with Gasteiger partial charge in [0.05, 0.1) is 5.92 Å². The van der Waals surface area contributed by atoms with Gasteiger partial charge >= 0.3 is 0 Å². The molecular weight excluding hydrogens is 340 g/mol. The Bertz CT molecular complexity index is 906. The number of nitrogens with one attached hydrogen (secondary N) is 1. The van der Waals surface area contributed by atoms with Crippen LogP contribution in [0.4, 0.5) is 11.5 Å². The molecule has 1 aliphatic rings. The molecule has 0 aliphatic carbocycles. The smallest absolute Gasteiger partial charge is 0.229 e. The van der Waals surface area contributed by atoms with Crippen molar-refractivity contribution in [3.63, 3.8) is 0 Å². The van der Waals surface area contributed by atoms with Gasteiger partial charge in [0, 0.05) is 31.2 Å². The van der Waals surface area contributed by atoms with E-state index in [1.165, 1.54) is 0 Å². The third-order valence-electron chi connectivity index (χ3n) is 4.92. The number of amides is 1. The molecule has 2 aromatic heterocycles. The van der Waals surface area contributed by atoms with Crippen molar-refractivity contribution in [3.05, 3.63) is 60.7 Å². The third kappa shape index (κ3) is 3.81. The maximum Gasteiger partial charge on any atom is 0.229 e. The first-order chi connectivity index (χ1) is 13.2. The molecule has 1 unspecified atom stereocenters. The van der Waals surface area contributed by atoms with Crippen molar-refractivity contribution >= 4 is 17.4 Å². The van der Waals surface area contributed by atoms with E-state index in [1.807, 2.05) is 54.1 Å². The normalized spacial score (nSPS) is 16.9. The standard InChI is InChI=1S/C20H22N6O/c1-15-5-2-3-7-17(15)22-20(27)16-6-4-11-25(13-16)18-8-9-19(24-23-18)26-12-10-21-14-26/h2-3,5,7-10,12,14,16H,4,6,11,13H2,1H3,(H,22,27). The van der Waals surface area contributed by atoms with E-state index in [1.54, 1.807) is 12.5 Å². The SMILES string of the molecule is Cc1ccccc1NC(=O)C1CCCN(c2ccc(-n3ccnc3)nn2)C1. The fourth-order valence-corrected chi connectivity index (χ4v) is 3.37. The highest BCUT2D eigenvalue weighted by atomic mass is 16.1. The summed E-state index contributed by atoms with van der Waals surface area (Å²) in [5.41, 5.74) is 1.95.